The number of aliphatic hydroxyl groups excluding tert-OH is 1. The Morgan fingerprint density at radius 2 is 1.58 bits per heavy atom. The van der Waals surface area contributed by atoms with Gasteiger partial charge in [-0.3, -0.25) is 14.4 Å². The lowest BCUT2D eigenvalue weighted by Gasteiger charge is -2.24. The van der Waals surface area contributed by atoms with Gasteiger partial charge >= 0.3 is 24.1 Å². The molecule has 0 saturated carbocycles. The minimum absolute atomic E-state index is 0.0366. The number of nitrogens with one attached hydrogen (secondary N) is 1. The van der Waals surface area contributed by atoms with E-state index in [1.807, 2.05) is 5.32 Å². The number of amides is 1. The molecule has 0 radical (unpaired) electrons. The predicted octanol–water partition coefficient (Wildman–Crippen LogP) is 1.44. The number of benzene rings is 1. The second-order valence-electron chi connectivity index (χ2n) is 6.21. The van der Waals surface area contributed by atoms with Gasteiger partial charge in [-0.2, -0.15) is 13.2 Å². The number of rotatable bonds is 10. The molecular weight excluding hydrogens is 427 g/mol. The van der Waals surface area contributed by atoms with Gasteiger partial charge in [0, 0.05) is 0 Å². The monoisotopic (exact) mass is 449 g/mol. The maximum Gasteiger partial charge on any atom is 0.416 e. The molecule has 1 rings (SSSR count). The fourth-order valence-electron chi connectivity index (χ4n) is 2.56. The fraction of sp³-hybridized carbons (Fsp3) is 0.474. The summed E-state index contributed by atoms with van der Waals surface area (Å²) in [7, 11) is 0. The van der Waals surface area contributed by atoms with Crippen molar-refractivity contribution in [2.24, 2.45) is 5.92 Å². The molecule has 0 unspecified atom stereocenters. The predicted molar refractivity (Wildman–Crippen MR) is 97.3 cm³/mol. The zero-order valence-corrected chi connectivity index (χ0v) is 16.6. The van der Waals surface area contributed by atoms with Gasteiger partial charge in [-0.15, -0.1) is 0 Å². The third kappa shape index (κ3) is 7.55. The summed E-state index contributed by atoms with van der Waals surface area (Å²) in [4.78, 5) is 47.9. The highest BCUT2D eigenvalue weighted by Crippen LogP contribution is 2.30. The maximum atomic E-state index is 12.6. The first-order chi connectivity index (χ1) is 14.4. The first-order valence-corrected chi connectivity index (χ1v) is 9.12. The molecule has 0 fully saturated rings. The van der Waals surface area contributed by atoms with E-state index in [1.54, 1.807) is 0 Å². The van der Waals surface area contributed by atoms with Gasteiger partial charge in [0.1, 0.15) is 6.04 Å². The van der Waals surface area contributed by atoms with Crippen LogP contribution in [0.25, 0.3) is 0 Å². The van der Waals surface area contributed by atoms with Crippen molar-refractivity contribution in [3.63, 3.8) is 0 Å². The SMILES string of the molecule is CCOC(=O)C[C@H](C(=O)OCC)[C@H](NC(=O)[C@H](O)c1ccc(C(F)(F)F)cc1)C(=O)O. The molecule has 1 amide bonds. The molecule has 0 aliphatic carbocycles. The summed E-state index contributed by atoms with van der Waals surface area (Å²) in [5, 5.41) is 21.5. The molecule has 0 spiro atoms. The molecule has 0 saturated heterocycles. The fourth-order valence-corrected chi connectivity index (χ4v) is 2.56. The van der Waals surface area contributed by atoms with Crippen LogP contribution in [0.4, 0.5) is 13.2 Å². The number of ether oxygens (including phenoxy) is 2. The molecule has 1 aromatic carbocycles. The lowest BCUT2D eigenvalue weighted by atomic mass is 9.95. The van der Waals surface area contributed by atoms with Crippen molar-refractivity contribution in [2.45, 2.75) is 38.6 Å². The highest BCUT2D eigenvalue weighted by Gasteiger charge is 2.39. The first-order valence-electron chi connectivity index (χ1n) is 9.12. The van der Waals surface area contributed by atoms with E-state index >= 15 is 0 Å². The van der Waals surface area contributed by atoms with Gasteiger partial charge < -0.3 is 25.0 Å². The number of alkyl halides is 3. The van der Waals surface area contributed by atoms with Crippen LogP contribution >= 0.6 is 0 Å². The number of carboxylic acids is 1. The van der Waals surface area contributed by atoms with Gasteiger partial charge in [0.2, 0.25) is 0 Å². The number of halogens is 3. The molecule has 9 nitrogen and oxygen atoms in total. The lowest BCUT2D eigenvalue weighted by Crippen LogP contribution is -2.51. The van der Waals surface area contributed by atoms with Gasteiger partial charge in [-0.05, 0) is 31.5 Å². The Balaban J connectivity index is 3.06. The standard InChI is InChI=1S/C19H22F3NO8/c1-3-30-13(24)9-12(18(29)31-4-2)14(17(27)28)23-16(26)15(25)10-5-7-11(8-6-10)19(20,21)22/h5-8,12,14-15,25H,3-4,9H2,1-2H3,(H,23,26)(H,27,28)/t12-,14-,15+/m0/s1. The number of carbonyl (C=O) groups is 4. The van der Waals surface area contributed by atoms with Crippen molar-refractivity contribution in [1.29, 1.82) is 0 Å². The minimum atomic E-state index is -4.62. The van der Waals surface area contributed by atoms with E-state index in [4.69, 9.17) is 9.47 Å². The highest BCUT2D eigenvalue weighted by atomic mass is 19.4. The van der Waals surface area contributed by atoms with Crippen LogP contribution in [0.15, 0.2) is 24.3 Å². The smallest absolute Gasteiger partial charge is 0.416 e. The van der Waals surface area contributed by atoms with E-state index in [9.17, 15) is 42.6 Å². The molecule has 0 aromatic heterocycles. The van der Waals surface area contributed by atoms with Crippen molar-refractivity contribution in [3.05, 3.63) is 35.4 Å². The molecule has 0 aliphatic rings. The molecular formula is C19H22F3NO8. The molecule has 0 aliphatic heterocycles. The number of carboxylic acid groups (broad SMARTS) is 1. The summed E-state index contributed by atoms with van der Waals surface area (Å²) in [6, 6.07) is 1.01. The average molecular weight is 449 g/mol. The van der Waals surface area contributed by atoms with E-state index < -0.39 is 60.0 Å². The quantitative estimate of drug-likeness (QED) is 0.456. The summed E-state index contributed by atoms with van der Waals surface area (Å²) in [6.45, 7) is 2.77. The summed E-state index contributed by atoms with van der Waals surface area (Å²) in [5.41, 5.74) is -1.25. The van der Waals surface area contributed by atoms with Crippen LogP contribution < -0.4 is 5.32 Å². The number of hydrogen-bond donors (Lipinski definition) is 3. The number of aliphatic carboxylic acids is 1. The van der Waals surface area contributed by atoms with E-state index in [2.05, 4.69) is 0 Å². The third-order valence-corrected chi connectivity index (χ3v) is 4.05. The largest absolute Gasteiger partial charge is 0.480 e. The molecule has 0 bridgehead atoms. The maximum absolute atomic E-state index is 12.6. The molecule has 3 N–H and O–H groups in total. The van der Waals surface area contributed by atoms with Gasteiger partial charge in [-0.1, -0.05) is 12.1 Å². The van der Waals surface area contributed by atoms with Crippen molar-refractivity contribution < 1.29 is 52.0 Å². The van der Waals surface area contributed by atoms with Gasteiger partial charge in [0.25, 0.3) is 5.91 Å². The Morgan fingerprint density at radius 1 is 1.03 bits per heavy atom. The van der Waals surface area contributed by atoms with Crippen LogP contribution in [0.1, 0.15) is 37.5 Å². The first kappa shape index (κ1) is 25.9. The van der Waals surface area contributed by atoms with Crippen molar-refractivity contribution >= 4 is 23.8 Å². The zero-order valence-electron chi connectivity index (χ0n) is 16.6. The van der Waals surface area contributed by atoms with Crippen LogP contribution in [-0.2, 0) is 34.8 Å². The second-order valence-corrected chi connectivity index (χ2v) is 6.21. The van der Waals surface area contributed by atoms with Crippen LogP contribution in [0, 0.1) is 5.92 Å². The molecule has 31 heavy (non-hydrogen) atoms. The van der Waals surface area contributed by atoms with Gasteiger partial charge in [-0.25, -0.2) is 4.79 Å². The molecule has 172 valence electrons. The Kier molecular flexibility index (Phi) is 9.43. The van der Waals surface area contributed by atoms with Crippen LogP contribution in [0.5, 0.6) is 0 Å². The van der Waals surface area contributed by atoms with E-state index in [1.165, 1.54) is 13.8 Å². The molecule has 0 heterocycles. The van der Waals surface area contributed by atoms with E-state index in [0.29, 0.717) is 12.1 Å². The molecule has 3 atom stereocenters. The highest BCUT2D eigenvalue weighted by molar-refractivity contribution is 5.92. The van der Waals surface area contributed by atoms with Gasteiger partial charge in [0.15, 0.2) is 6.10 Å². The van der Waals surface area contributed by atoms with Crippen LogP contribution in [0.3, 0.4) is 0 Å². The van der Waals surface area contributed by atoms with Crippen molar-refractivity contribution in [2.75, 3.05) is 13.2 Å². The molecule has 12 heteroatoms. The number of esters is 2. The van der Waals surface area contributed by atoms with E-state index in [0.717, 1.165) is 12.1 Å². The van der Waals surface area contributed by atoms with Crippen molar-refractivity contribution in [3.8, 4) is 0 Å². The summed E-state index contributed by atoms with van der Waals surface area (Å²) in [5.74, 6) is -6.67. The summed E-state index contributed by atoms with van der Waals surface area (Å²) < 4.78 is 47.4. The number of hydrogen-bond acceptors (Lipinski definition) is 7. The van der Waals surface area contributed by atoms with E-state index in [-0.39, 0.29) is 18.8 Å². The van der Waals surface area contributed by atoms with Crippen LogP contribution in [0.2, 0.25) is 0 Å². The third-order valence-electron chi connectivity index (χ3n) is 4.05. The average Bonchev–Trinajstić information content (AvgIpc) is 2.69. The van der Waals surface area contributed by atoms with Crippen LogP contribution in [-0.4, -0.2) is 53.3 Å². The topological polar surface area (TPSA) is 139 Å². The summed E-state index contributed by atoms with van der Waals surface area (Å²) >= 11 is 0. The normalized spacial score (nSPS) is 14.1. The molecule has 1 aromatic rings. The Hall–Kier alpha value is -3.15. The second kappa shape index (κ2) is 11.3. The number of aliphatic hydroxyl groups is 1. The number of carbonyl (C=O) groups excluding carboxylic acids is 3. The zero-order chi connectivity index (χ0) is 23.8. The minimum Gasteiger partial charge on any atom is -0.480 e. The van der Waals surface area contributed by atoms with Crippen molar-refractivity contribution in [1.82, 2.24) is 5.32 Å². The lowest BCUT2D eigenvalue weighted by molar-refractivity contribution is -0.160. The summed E-state index contributed by atoms with van der Waals surface area (Å²) in [6.07, 6.45) is -7.38. The van der Waals surface area contributed by atoms with Gasteiger partial charge in [0.05, 0.1) is 31.1 Å². The Bertz CT molecular complexity index is 794. The Morgan fingerprint density at radius 3 is 2.03 bits per heavy atom. The Labute approximate surface area is 175 Å².